The van der Waals surface area contributed by atoms with Crippen molar-refractivity contribution in [3.05, 3.63) is 29.3 Å². The van der Waals surface area contributed by atoms with E-state index < -0.39 is 6.04 Å². The molecule has 0 bridgehead atoms. The van der Waals surface area contributed by atoms with Crippen LogP contribution in [-0.4, -0.2) is 40.7 Å². The van der Waals surface area contributed by atoms with Crippen LogP contribution in [0.15, 0.2) is 18.2 Å². The molecular weight excluding hydrogens is 392 g/mol. The molecule has 1 saturated heterocycles. The number of nitrogens with zero attached hydrogens (tertiary/aromatic N) is 1. The minimum Gasteiger partial charge on any atom is -0.382 e. The van der Waals surface area contributed by atoms with Gasteiger partial charge in [-0.1, -0.05) is 19.9 Å². The van der Waals surface area contributed by atoms with Gasteiger partial charge in [-0.2, -0.15) is 0 Å². The molecule has 1 aromatic carbocycles. The van der Waals surface area contributed by atoms with Crippen molar-refractivity contribution in [1.82, 2.24) is 10.2 Å². The molecule has 1 aromatic rings. The highest BCUT2D eigenvalue weighted by atomic mass is 16.2. The highest BCUT2D eigenvalue weighted by Crippen LogP contribution is 2.36. The molecule has 3 aliphatic rings. The van der Waals surface area contributed by atoms with Crippen LogP contribution in [0.4, 0.5) is 5.69 Å². The lowest BCUT2D eigenvalue weighted by Gasteiger charge is -2.35. The molecule has 7 nitrogen and oxygen atoms in total. The largest absolute Gasteiger partial charge is 0.382 e. The Morgan fingerprint density at radius 3 is 2.55 bits per heavy atom. The second-order valence-electron chi connectivity index (χ2n) is 9.79. The first-order valence-electron chi connectivity index (χ1n) is 11.6. The molecule has 2 aliphatic heterocycles. The molecule has 2 fully saturated rings. The van der Waals surface area contributed by atoms with Gasteiger partial charge in [-0.05, 0) is 62.5 Å². The predicted molar refractivity (Wildman–Crippen MR) is 119 cm³/mol. The van der Waals surface area contributed by atoms with Gasteiger partial charge >= 0.3 is 0 Å². The first-order valence-corrected chi connectivity index (χ1v) is 11.6. The number of benzene rings is 1. The Hall–Kier alpha value is -2.41. The van der Waals surface area contributed by atoms with Gasteiger partial charge in [0, 0.05) is 41.9 Å². The zero-order chi connectivity index (χ0) is 22.1. The third-order valence-corrected chi connectivity index (χ3v) is 7.03. The number of carbonyl (C=O) groups excluding carboxylic acids is 3. The van der Waals surface area contributed by atoms with Crippen molar-refractivity contribution < 1.29 is 14.4 Å². The Morgan fingerprint density at radius 1 is 1.13 bits per heavy atom. The number of anilines is 1. The summed E-state index contributed by atoms with van der Waals surface area (Å²) in [5.41, 5.74) is 8.73. The number of carbonyl (C=O) groups is 3. The molecule has 0 aromatic heterocycles. The van der Waals surface area contributed by atoms with Crippen LogP contribution in [-0.2, 0) is 16.1 Å². The molecule has 0 unspecified atom stereocenters. The Balaban J connectivity index is 1.54. The van der Waals surface area contributed by atoms with E-state index in [1.54, 1.807) is 4.90 Å². The van der Waals surface area contributed by atoms with Crippen molar-refractivity contribution in [1.29, 1.82) is 0 Å². The predicted octanol–water partition coefficient (Wildman–Crippen LogP) is 2.79. The molecule has 1 saturated carbocycles. The maximum atomic E-state index is 13.1. The van der Waals surface area contributed by atoms with Crippen LogP contribution in [0.2, 0.25) is 0 Å². The van der Waals surface area contributed by atoms with Crippen LogP contribution < -0.4 is 16.4 Å². The topological polar surface area (TPSA) is 105 Å². The Morgan fingerprint density at radius 2 is 1.87 bits per heavy atom. The van der Waals surface area contributed by atoms with Gasteiger partial charge < -0.3 is 16.0 Å². The van der Waals surface area contributed by atoms with E-state index in [1.165, 1.54) is 0 Å². The van der Waals surface area contributed by atoms with E-state index >= 15 is 0 Å². The van der Waals surface area contributed by atoms with Gasteiger partial charge in [0.1, 0.15) is 6.04 Å². The van der Waals surface area contributed by atoms with E-state index in [9.17, 15) is 14.4 Å². The molecule has 2 heterocycles. The summed E-state index contributed by atoms with van der Waals surface area (Å²) >= 11 is 0. The van der Waals surface area contributed by atoms with Gasteiger partial charge in [0.15, 0.2) is 0 Å². The summed E-state index contributed by atoms with van der Waals surface area (Å²) in [6, 6.07) is 5.86. The van der Waals surface area contributed by atoms with E-state index in [4.69, 9.17) is 5.73 Å². The van der Waals surface area contributed by atoms with Crippen molar-refractivity contribution in [2.24, 2.45) is 17.6 Å². The second kappa shape index (κ2) is 8.99. The molecule has 31 heavy (non-hydrogen) atoms. The third-order valence-electron chi connectivity index (χ3n) is 7.03. The molecule has 3 amide bonds. The van der Waals surface area contributed by atoms with Gasteiger partial charge in [0.2, 0.25) is 11.8 Å². The maximum Gasteiger partial charge on any atom is 0.255 e. The minimum atomic E-state index is -0.586. The van der Waals surface area contributed by atoms with Crippen molar-refractivity contribution >= 4 is 23.4 Å². The van der Waals surface area contributed by atoms with E-state index in [-0.39, 0.29) is 24.1 Å². The zero-order valence-corrected chi connectivity index (χ0v) is 18.5. The first-order chi connectivity index (χ1) is 14.8. The van der Waals surface area contributed by atoms with Gasteiger partial charge in [0.05, 0.1) is 0 Å². The summed E-state index contributed by atoms with van der Waals surface area (Å²) in [5, 5.41) is 6.15. The maximum absolute atomic E-state index is 13.1. The molecule has 1 aliphatic carbocycles. The van der Waals surface area contributed by atoms with Crippen molar-refractivity contribution in [3.8, 4) is 0 Å². The summed E-state index contributed by atoms with van der Waals surface area (Å²) in [6.07, 6.45) is 6.09. The Kier molecular flexibility index (Phi) is 6.32. The second-order valence-corrected chi connectivity index (χ2v) is 9.79. The number of imide groups is 1. The number of rotatable bonds is 6. The van der Waals surface area contributed by atoms with Crippen LogP contribution in [0, 0.1) is 11.8 Å². The molecule has 4 N–H and O–H groups in total. The van der Waals surface area contributed by atoms with Gasteiger partial charge in [-0.3, -0.25) is 19.7 Å². The number of nitrogens with one attached hydrogen (secondary N) is 2. The molecule has 7 heteroatoms. The quantitative estimate of drug-likeness (QED) is 0.607. The number of piperidine rings is 1. The summed E-state index contributed by atoms with van der Waals surface area (Å²) in [4.78, 5) is 38.6. The summed E-state index contributed by atoms with van der Waals surface area (Å²) in [7, 11) is 0. The van der Waals surface area contributed by atoms with Crippen LogP contribution in [0.25, 0.3) is 0 Å². The minimum absolute atomic E-state index is 0.128. The van der Waals surface area contributed by atoms with E-state index in [0.717, 1.165) is 43.4 Å². The molecule has 0 radical (unpaired) electrons. The smallest absolute Gasteiger partial charge is 0.255 e. The molecular formula is C24H34N4O3. The van der Waals surface area contributed by atoms with Gasteiger partial charge in [0.25, 0.3) is 5.91 Å². The molecule has 0 spiro atoms. The molecule has 4 rings (SSSR count). The van der Waals surface area contributed by atoms with Crippen molar-refractivity contribution in [2.45, 2.75) is 83.5 Å². The number of hydrogen-bond donors (Lipinski definition) is 3. The normalized spacial score (nSPS) is 27.3. The Labute approximate surface area is 184 Å². The van der Waals surface area contributed by atoms with Crippen LogP contribution in [0.1, 0.15) is 74.7 Å². The fourth-order valence-corrected chi connectivity index (χ4v) is 5.35. The molecule has 168 valence electrons. The van der Waals surface area contributed by atoms with Crippen molar-refractivity contribution in [3.63, 3.8) is 0 Å². The fraction of sp³-hybridized carbons (Fsp3) is 0.625. The number of fused-ring (bicyclic) bond motifs is 1. The fourth-order valence-electron chi connectivity index (χ4n) is 5.35. The van der Waals surface area contributed by atoms with Gasteiger partial charge in [-0.15, -0.1) is 0 Å². The third kappa shape index (κ3) is 4.61. The zero-order valence-electron chi connectivity index (χ0n) is 18.5. The summed E-state index contributed by atoms with van der Waals surface area (Å²) < 4.78 is 0. The lowest BCUT2D eigenvalue weighted by molar-refractivity contribution is -0.136. The lowest BCUT2D eigenvalue weighted by Crippen LogP contribution is -2.52. The number of amides is 3. The van der Waals surface area contributed by atoms with Crippen LogP contribution in [0.5, 0.6) is 0 Å². The highest BCUT2D eigenvalue weighted by molar-refractivity contribution is 6.06. The average molecular weight is 427 g/mol. The average Bonchev–Trinajstić information content (AvgIpc) is 3.05. The highest BCUT2D eigenvalue weighted by Gasteiger charge is 2.40. The van der Waals surface area contributed by atoms with E-state index in [1.807, 2.05) is 18.2 Å². The van der Waals surface area contributed by atoms with Gasteiger partial charge in [-0.25, -0.2) is 0 Å². The Bertz CT molecular complexity index is 860. The van der Waals surface area contributed by atoms with E-state index in [2.05, 4.69) is 24.5 Å². The first kappa shape index (κ1) is 21.8. The number of nitrogens with two attached hydrogens (primary N) is 1. The molecule has 2 atom stereocenters. The standard InChI is InChI=1S/C24H34N4O3/c1-14(2)12-20(15-6-8-16(25)9-7-15)26-19-5-3-4-17-18(19)13-28(24(17)31)21-10-11-22(29)27-23(21)30/h3-5,14-16,20-21,26H,6-13,25H2,1-2H3,(H,27,29,30)/t15?,16?,20-,21-/m1/s1. The van der Waals surface area contributed by atoms with Crippen LogP contribution in [0.3, 0.4) is 0 Å². The lowest BCUT2D eigenvalue weighted by atomic mass is 9.79. The number of hydrogen-bond acceptors (Lipinski definition) is 5. The summed E-state index contributed by atoms with van der Waals surface area (Å²) in [6.45, 7) is 4.88. The van der Waals surface area contributed by atoms with Crippen molar-refractivity contribution in [2.75, 3.05) is 5.32 Å². The van der Waals surface area contributed by atoms with Crippen LogP contribution >= 0.6 is 0 Å². The van der Waals surface area contributed by atoms with E-state index in [0.29, 0.717) is 42.4 Å². The monoisotopic (exact) mass is 426 g/mol. The SMILES string of the molecule is CC(C)C[C@@H](Nc1cccc2c1CN([C@@H]1CCC(=O)NC1=O)C2=O)C1CCC(N)CC1. The summed E-state index contributed by atoms with van der Waals surface area (Å²) in [5.74, 6) is 0.365.